The molecule has 0 radical (unpaired) electrons. The van der Waals surface area contributed by atoms with Gasteiger partial charge in [-0.25, -0.2) is 12.7 Å². The Hall–Kier alpha value is -2.71. The first kappa shape index (κ1) is 21.0. The lowest BCUT2D eigenvalue weighted by Crippen LogP contribution is -2.36. The normalized spacial score (nSPS) is 14.9. The molecule has 0 fully saturated rings. The van der Waals surface area contributed by atoms with Gasteiger partial charge in [-0.15, -0.1) is 0 Å². The van der Waals surface area contributed by atoms with Crippen LogP contribution in [-0.2, 0) is 27.9 Å². The number of sulfonamides is 1. The van der Waals surface area contributed by atoms with Crippen molar-refractivity contribution in [1.82, 2.24) is 9.62 Å². The monoisotopic (exact) mass is 416 g/mol. The first-order valence-electron chi connectivity index (χ1n) is 9.42. The summed E-state index contributed by atoms with van der Waals surface area (Å²) in [6.45, 7) is 6.69. The number of hydrogen-bond acceptors (Lipinski definition) is 5. The minimum atomic E-state index is -3.94. The van der Waals surface area contributed by atoms with Gasteiger partial charge in [-0.3, -0.25) is 9.59 Å². The highest BCUT2D eigenvalue weighted by atomic mass is 32.2. The lowest BCUT2D eigenvalue weighted by Gasteiger charge is -2.18. The van der Waals surface area contributed by atoms with Gasteiger partial charge in [-0.2, -0.15) is 0 Å². The molecule has 1 aliphatic heterocycles. The van der Waals surface area contributed by atoms with E-state index >= 15 is 0 Å². The summed E-state index contributed by atoms with van der Waals surface area (Å²) >= 11 is 0. The largest absolute Gasteiger partial charge is 0.377 e. The van der Waals surface area contributed by atoms with Crippen LogP contribution in [0.15, 0.2) is 47.4 Å². The highest BCUT2D eigenvalue weighted by Gasteiger charge is 2.42. The second-order valence-corrected chi connectivity index (χ2v) is 8.83. The molecule has 0 atom stereocenters. The van der Waals surface area contributed by atoms with Gasteiger partial charge in [0.25, 0.3) is 21.8 Å². The van der Waals surface area contributed by atoms with E-state index < -0.39 is 27.9 Å². The van der Waals surface area contributed by atoms with Crippen LogP contribution in [0.5, 0.6) is 0 Å². The summed E-state index contributed by atoms with van der Waals surface area (Å²) in [6.07, 6.45) is 0. The van der Waals surface area contributed by atoms with E-state index in [9.17, 15) is 18.0 Å². The van der Waals surface area contributed by atoms with Gasteiger partial charge >= 0.3 is 0 Å². The minimum absolute atomic E-state index is 0.0973. The SMILES string of the molecule is CCOCc1ccc(CNC(=O)c2ccc3c(c2)S(=O)(=O)N(C(C)C)C3=O)cc1. The van der Waals surface area contributed by atoms with E-state index in [2.05, 4.69) is 5.32 Å². The van der Waals surface area contributed by atoms with Gasteiger partial charge in [0.1, 0.15) is 4.90 Å². The Morgan fingerprint density at radius 3 is 2.38 bits per heavy atom. The summed E-state index contributed by atoms with van der Waals surface area (Å²) in [5.74, 6) is -0.967. The number of rotatable bonds is 7. The molecule has 0 saturated heterocycles. The number of benzene rings is 2. The zero-order chi connectivity index (χ0) is 21.2. The molecule has 0 unspecified atom stereocenters. The van der Waals surface area contributed by atoms with Crippen LogP contribution in [-0.4, -0.2) is 37.2 Å². The van der Waals surface area contributed by atoms with Crippen molar-refractivity contribution in [1.29, 1.82) is 0 Å². The third-order valence-electron chi connectivity index (χ3n) is 4.63. The van der Waals surface area contributed by atoms with Crippen molar-refractivity contribution in [2.45, 2.75) is 44.9 Å². The maximum atomic E-state index is 12.7. The molecule has 0 saturated carbocycles. The molecule has 2 aromatic rings. The van der Waals surface area contributed by atoms with Gasteiger partial charge in [0.05, 0.1) is 12.2 Å². The zero-order valence-corrected chi connectivity index (χ0v) is 17.5. The quantitative estimate of drug-likeness (QED) is 0.749. The number of nitrogens with zero attached hydrogens (tertiary/aromatic N) is 1. The van der Waals surface area contributed by atoms with Crippen molar-refractivity contribution in [2.75, 3.05) is 6.61 Å². The van der Waals surface area contributed by atoms with Crippen LogP contribution in [0.4, 0.5) is 0 Å². The molecule has 1 heterocycles. The fraction of sp³-hybridized carbons (Fsp3) is 0.333. The third kappa shape index (κ3) is 4.18. The van der Waals surface area contributed by atoms with Crippen molar-refractivity contribution in [2.24, 2.45) is 0 Å². The van der Waals surface area contributed by atoms with Gasteiger partial charge < -0.3 is 10.1 Å². The van der Waals surface area contributed by atoms with Gasteiger partial charge in [0.15, 0.2) is 0 Å². The second-order valence-electron chi connectivity index (χ2n) is 7.05. The Balaban J connectivity index is 1.72. The summed E-state index contributed by atoms with van der Waals surface area (Å²) in [4.78, 5) is 24.8. The van der Waals surface area contributed by atoms with Crippen LogP contribution in [0, 0.1) is 0 Å². The van der Waals surface area contributed by atoms with Crippen LogP contribution in [0.1, 0.15) is 52.6 Å². The standard InChI is InChI=1S/C21H24N2O5S/c1-4-28-13-16-7-5-15(6-8-16)12-22-20(24)17-9-10-18-19(11-17)29(26,27)23(14(2)3)21(18)25/h5-11,14H,4,12-13H2,1-3H3,(H,22,24). The molecule has 154 valence electrons. The molecule has 2 amide bonds. The molecule has 3 rings (SSSR count). The van der Waals surface area contributed by atoms with E-state index in [1.54, 1.807) is 13.8 Å². The van der Waals surface area contributed by atoms with Crippen molar-refractivity contribution in [3.8, 4) is 0 Å². The Morgan fingerprint density at radius 2 is 1.76 bits per heavy atom. The summed E-state index contributed by atoms with van der Waals surface area (Å²) in [6, 6.07) is 11.3. The van der Waals surface area contributed by atoms with E-state index in [1.807, 2.05) is 31.2 Å². The van der Waals surface area contributed by atoms with Crippen LogP contribution in [0.3, 0.4) is 0 Å². The van der Waals surface area contributed by atoms with Gasteiger partial charge in [-0.05, 0) is 50.1 Å². The smallest absolute Gasteiger partial charge is 0.269 e. The van der Waals surface area contributed by atoms with Crippen molar-refractivity contribution < 1.29 is 22.7 Å². The van der Waals surface area contributed by atoms with Crippen LogP contribution in [0.2, 0.25) is 0 Å². The molecule has 0 bridgehead atoms. The zero-order valence-electron chi connectivity index (χ0n) is 16.6. The highest BCUT2D eigenvalue weighted by Crippen LogP contribution is 2.32. The predicted molar refractivity (Wildman–Crippen MR) is 108 cm³/mol. The summed E-state index contributed by atoms with van der Waals surface area (Å²) in [7, 11) is -3.94. The topological polar surface area (TPSA) is 92.8 Å². The Morgan fingerprint density at radius 1 is 1.10 bits per heavy atom. The first-order chi connectivity index (χ1) is 13.8. The molecule has 1 N–H and O–H groups in total. The number of ether oxygens (including phenoxy) is 1. The van der Waals surface area contributed by atoms with Gasteiger partial charge in [0, 0.05) is 24.8 Å². The summed E-state index contributed by atoms with van der Waals surface area (Å²) < 4.78 is 31.5. The summed E-state index contributed by atoms with van der Waals surface area (Å²) in [5, 5.41) is 2.78. The molecule has 29 heavy (non-hydrogen) atoms. The Labute approximate surface area is 170 Å². The lowest BCUT2D eigenvalue weighted by molar-refractivity contribution is 0.0845. The predicted octanol–water partition coefficient (Wildman–Crippen LogP) is 2.71. The molecule has 7 nitrogen and oxygen atoms in total. The summed E-state index contributed by atoms with van der Waals surface area (Å²) in [5.41, 5.74) is 2.25. The van der Waals surface area contributed by atoms with Crippen LogP contribution >= 0.6 is 0 Å². The number of carbonyl (C=O) groups excluding carboxylic acids is 2. The van der Waals surface area contributed by atoms with Gasteiger partial charge in [0.2, 0.25) is 0 Å². The fourth-order valence-electron chi connectivity index (χ4n) is 3.16. The van der Waals surface area contributed by atoms with Gasteiger partial charge in [-0.1, -0.05) is 24.3 Å². The number of hydrogen-bond donors (Lipinski definition) is 1. The van der Waals surface area contributed by atoms with E-state index in [-0.39, 0.29) is 16.0 Å². The molecular formula is C21H24N2O5S. The van der Waals surface area contributed by atoms with E-state index in [4.69, 9.17) is 4.74 Å². The number of nitrogens with one attached hydrogen (secondary N) is 1. The van der Waals surface area contributed by atoms with E-state index in [0.29, 0.717) is 19.8 Å². The molecule has 0 spiro atoms. The van der Waals surface area contributed by atoms with E-state index in [1.165, 1.54) is 18.2 Å². The second kappa shape index (κ2) is 8.34. The van der Waals surface area contributed by atoms with E-state index in [0.717, 1.165) is 15.4 Å². The van der Waals surface area contributed by atoms with Crippen molar-refractivity contribution >= 4 is 21.8 Å². The number of amides is 2. The van der Waals surface area contributed by atoms with Crippen LogP contribution < -0.4 is 5.32 Å². The fourth-order valence-corrected chi connectivity index (χ4v) is 4.95. The first-order valence-corrected chi connectivity index (χ1v) is 10.9. The Kier molecular flexibility index (Phi) is 6.04. The average molecular weight is 416 g/mol. The minimum Gasteiger partial charge on any atom is -0.377 e. The molecular weight excluding hydrogens is 392 g/mol. The average Bonchev–Trinajstić information content (AvgIpc) is 2.90. The van der Waals surface area contributed by atoms with Crippen LogP contribution in [0.25, 0.3) is 0 Å². The molecule has 0 aliphatic carbocycles. The molecule has 8 heteroatoms. The maximum absolute atomic E-state index is 12.7. The number of carbonyl (C=O) groups is 2. The maximum Gasteiger partial charge on any atom is 0.269 e. The number of fused-ring (bicyclic) bond motifs is 1. The lowest BCUT2D eigenvalue weighted by atomic mass is 10.1. The third-order valence-corrected chi connectivity index (χ3v) is 6.63. The molecule has 0 aromatic heterocycles. The van der Waals surface area contributed by atoms with Crippen molar-refractivity contribution in [3.05, 3.63) is 64.7 Å². The Bertz CT molecular complexity index is 1030. The van der Waals surface area contributed by atoms with Crippen molar-refractivity contribution in [3.63, 3.8) is 0 Å². The molecule has 1 aliphatic rings. The molecule has 2 aromatic carbocycles. The highest BCUT2D eigenvalue weighted by molar-refractivity contribution is 7.90.